The van der Waals surface area contributed by atoms with Gasteiger partial charge in [0.25, 0.3) is 5.69 Å². The summed E-state index contributed by atoms with van der Waals surface area (Å²) >= 11 is 0. The standard InChI is InChI=1S/C10H12N2O4/c1-7(2)16-10(13)11-8-3-5-9(6-4-8)12(14)15/h3-7H,1-2H3,(H,11,13). The van der Waals surface area contributed by atoms with Crippen LogP contribution in [-0.4, -0.2) is 17.1 Å². The van der Waals surface area contributed by atoms with E-state index in [0.29, 0.717) is 5.69 Å². The van der Waals surface area contributed by atoms with E-state index in [-0.39, 0.29) is 11.8 Å². The van der Waals surface area contributed by atoms with Crippen molar-refractivity contribution in [1.82, 2.24) is 0 Å². The molecule has 0 unspecified atom stereocenters. The van der Waals surface area contributed by atoms with Crippen LogP contribution in [0.2, 0.25) is 0 Å². The Hall–Kier alpha value is -2.11. The first-order chi connectivity index (χ1) is 7.49. The largest absolute Gasteiger partial charge is 0.447 e. The molecule has 0 aliphatic carbocycles. The van der Waals surface area contributed by atoms with E-state index in [2.05, 4.69) is 5.32 Å². The number of hydrogen-bond donors (Lipinski definition) is 1. The highest BCUT2D eigenvalue weighted by Gasteiger charge is 2.07. The molecular weight excluding hydrogens is 212 g/mol. The molecule has 0 fully saturated rings. The van der Waals surface area contributed by atoms with Crippen molar-refractivity contribution < 1.29 is 14.5 Å². The molecule has 0 heterocycles. The van der Waals surface area contributed by atoms with Crippen LogP contribution < -0.4 is 5.32 Å². The zero-order valence-corrected chi connectivity index (χ0v) is 8.97. The Kier molecular flexibility index (Phi) is 3.82. The molecule has 0 aliphatic heterocycles. The Labute approximate surface area is 92.4 Å². The lowest BCUT2D eigenvalue weighted by molar-refractivity contribution is -0.384. The van der Waals surface area contributed by atoms with Gasteiger partial charge in [0, 0.05) is 17.8 Å². The monoisotopic (exact) mass is 224 g/mol. The number of hydrogen-bond acceptors (Lipinski definition) is 4. The Bertz CT molecular complexity index is 386. The lowest BCUT2D eigenvalue weighted by Crippen LogP contribution is -2.17. The van der Waals surface area contributed by atoms with Gasteiger partial charge in [0.1, 0.15) is 0 Å². The normalized spacial score (nSPS) is 9.94. The number of nitrogens with one attached hydrogen (secondary N) is 1. The Morgan fingerprint density at radius 2 is 1.94 bits per heavy atom. The smallest absolute Gasteiger partial charge is 0.411 e. The average molecular weight is 224 g/mol. The Morgan fingerprint density at radius 3 is 2.38 bits per heavy atom. The van der Waals surface area contributed by atoms with Crippen molar-refractivity contribution in [3.05, 3.63) is 34.4 Å². The van der Waals surface area contributed by atoms with Crippen molar-refractivity contribution in [3.63, 3.8) is 0 Å². The number of nitro groups is 1. The molecule has 6 nitrogen and oxygen atoms in total. The molecule has 16 heavy (non-hydrogen) atoms. The SMILES string of the molecule is CC(C)OC(=O)Nc1ccc([N+](=O)[O-])cc1. The topological polar surface area (TPSA) is 81.5 Å². The fraction of sp³-hybridized carbons (Fsp3) is 0.300. The van der Waals surface area contributed by atoms with Gasteiger partial charge in [0.15, 0.2) is 0 Å². The van der Waals surface area contributed by atoms with E-state index in [1.807, 2.05) is 0 Å². The van der Waals surface area contributed by atoms with E-state index >= 15 is 0 Å². The van der Waals surface area contributed by atoms with Gasteiger partial charge in [0.05, 0.1) is 11.0 Å². The van der Waals surface area contributed by atoms with Crippen molar-refractivity contribution in [2.45, 2.75) is 20.0 Å². The fourth-order valence-corrected chi connectivity index (χ4v) is 1.03. The minimum atomic E-state index is -0.580. The summed E-state index contributed by atoms with van der Waals surface area (Å²) in [5.74, 6) is 0. The van der Waals surface area contributed by atoms with E-state index in [1.54, 1.807) is 13.8 Å². The number of ether oxygens (including phenoxy) is 1. The third kappa shape index (κ3) is 3.56. The second-order valence-electron chi connectivity index (χ2n) is 3.38. The first-order valence-electron chi connectivity index (χ1n) is 4.71. The van der Waals surface area contributed by atoms with Crippen LogP contribution in [0.1, 0.15) is 13.8 Å². The van der Waals surface area contributed by atoms with Crippen LogP contribution in [0.25, 0.3) is 0 Å². The van der Waals surface area contributed by atoms with Crippen molar-refractivity contribution in [3.8, 4) is 0 Å². The number of benzene rings is 1. The molecule has 0 aromatic heterocycles. The van der Waals surface area contributed by atoms with E-state index < -0.39 is 11.0 Å². The van der Waals surface area contributed by atoms with Gasteiger partial charge in [-0.3, -0.25) is 15.4 Å². The highest BCUT2D eigenvalue weighted by atomic mass is 16.6. The number of nitrogens with zero attached hydrogens (tertiary/aromatic N) is 1. The average Bonchev–Trinajstić information content (AvgIpc) is 2.16. The van der Waals surface area contributed by atoms with Crippen molar-refractivity contribution >= 4 is 17.5 Å². The molecule has 0 atom stereocenters. The zero-order valence-electron chi connectivity index (χ0n) is 8.97. The second kappa shape index (κ2) is 5.11. The van der Waals surface area contributed by atoms with Gasteiger partial charge < -0.3 is 4.74 Å². The molecule has 1 N–H and O–H groups in total. The van der Waals surface area contributed by atoms with Gasteiger partial charge in [-0.25, -0.2) is 4.79 Å². The summed E-state index contributed by atoms with van der Waals surface area (Å²) in [6.07, 6.45) is -0.790. The predicted octanol–water partition coefficient (Wildman–Crippen LogP) is 2.55. The first kappa shape index (κ1) is 12.0. The van der Waals surface area contributed by atoms with Crippen LogP contribution in [-0.2, 0) is 4.74 Å². The van der Waals surface area contributed by atoms with Gasteiger partial charge in [-0.15, -0.1) is 0 Å². The van der Waals surface area contributed by atoms with Crippen LogP contribution >= 0.6 is 0 Å². The van der Waals surface area contributed by atoms with E-state index in [4.69, 9.17) is 4.74 Å². The highest BCUT2D eigenvalue weighted by molar-refractivity contribution is 5.84. The third-order valence-electron chi connectivity index (χ3n) is 1.67. The molecule has 86 valence electrons. The molecule has 1 aromatic rings. The van der Waals surface area contributed by atoms with Crippen LogP contribution in [0.5, 0.6) is 0 Å². The summed E-state index contributed by atoms with van der Waals surface area (Å²) in [6, 6.07) is 5.51. The predicted molar refractivity (Wildman–Crippen MR) is 58.3 cm³/mol. The van der Waals surface area contributed by atoms with Gasteiger partial charge >= 0.3 is 6.09 Å². The van der Waals surface area contributed by atoms with Crippen LogP contribution in [0, 0.1) is 10.1 Å². The quantitative estimate of drug-likeness (QED) is 0.631. The molecular formula is C10H12N2O4. The van der Waals surface area contributed by atoms with Gasteiger partial charge in [-0.1, -0.05) is 0 Å². The number of rotatable bonds is 3. The molecule has 0 radical (unpaired) electrons. The maximum Gasteiger partial charge on any atom is 0.411 e. The van der Waals surface area contributed by atoms with Crippen LogP contribution in [0.15, 0.2) is 24.3 Å². The summed E-state index contributed by atoms with van der Waals surface area (Å²) in [7, 11) is 0. The number of non-ortho nitro benzene ring substituents is 1. The van der Waals surface area contributed by atoms with Crippen LogP contribution in [0.4, 0.5) is 16.2 Å². The lowest BCUT2D eigenvalue weighted by atomic mass is 10.3. The summed E-state index contributed by atoms with van der Waals surface area (Å²) in [6.45, 7) is 3.46. The number of carbonyl (C=O) groups excluding carboxylic acids is 1. The minimum absolute atomic E-state index is 0.0252. The summed E-state index contributed by atoms with van der Waals surface area (Å²) in [5, 5.41) is 12.8. The van der Waals surface area contributed by atoms with Gasteiger partial charge in [0.2, 0.25) is 0 Å². The molecule has 1 amide bonds. The van der Waals surface area contributed by atoms with Gasteiger partial charge in [-0.2, -0.15) is 0 Å². The summed E-state index contributed by atoms with van der Waals surface area (Å²) < 4.78 is 4.85. The Balaban J connectivity index is 2.62. The number of anilines is 1. The van der Waals surface area contributed by atoms with Crippen LogP contribution in [0.3, 0.4) is 0 Å². The molecule has 0 spiro atoms. The number of carbonyl (C=O) groups is 1. The highest BCUT2D eigenvalue weighted by Crippen LogP contribution is 2.15. The molecule has 0 bridgehead atoms. The maximum absolute atomic E-state index is 11.2. The molecule has 0 saturated carbocycles. The van der Waals surface area contributed by atoms with E-state index in [0.717, 1.165) is 0 Å². The van der Waals surface area contributed by atoms with E-state index in [1.165, 1.54) is 24.3 Å². The van der Waals surface area contributed by atoms with E-state index in [9.17, 15) is 14.9 Å². The Morgan fingerprint density at radius 1 is 1.38 bits per heavy atom. The minimum Gasteiger partial charge on any atom is -0.447 e. The third-order valence-corrected chi connectivity index (χ3v) is 1.67. The molecule has 1 rings (SSSR count). The van der Waals surface area contributed by atoms with Crippen molar-refractivity contribution in [2.24, 2.45) is 0 Å². The summed E-state index contributed by atoms with van der Waals surface area (Å²) in [4.78, 5) is 21.0. The molecule has 6 heteroatoms. The molecule has 0 saturated heterocycles. The van der Waals surface area contributed by atoms with Gasteiger partial charge in [-0.05, 0) is 26.0 Å². The zero-order chi connectivity index (χ0) is 12.1. The summed E-state index contributed by atoms with van der Waals surface area (Å²) in [5.41, 5.74) is 0.430. The molecule has 0 aliphatic rings. The van der Waals surface area contributed by atoms with Crippen molar-refractivity contribution in [1.29, 1.82) is 0 Å². The number of amides is 1. The first-order valence-corrected chi connectivity index (χ1v) is 4.71. The van der Waals surface area contributed by atoms with Crippen molar-refractivity contribution in [2.75, 3.05) is 5.32 Å². The fourth-order valence-electron chi connectivity index (χ4n) is 1.03. The second-order valence-corrected chi connectivity index (χ2v) is 3.38. The number of nitro benzene ring substituents is 1. The lowest BCUT2D eigenvalue weighted by Gasteiger charge is -2.08. The maximum atomic E-state index is 11.2. The molecule has 1 aromatic carbocycles.